The van der Waals surface area contributed by atoms with Crippen molar-refractivity contribution in [2.75, 3.05) is 74.1 Å². The smallest absolute Gasteiger partial charge is 0.257 e. The first-order valence-corrected chi connectivity index (χ1v) is 19.2. The fraction of sp³-hybridized carbons (Fsp3) is 0.425. The number of piperazine rings is 1. The van der Waals surface area contributed by atoms with Crippen molar-refractivity contribution in [3.63, 3.8) is 0 Å². The van der Waals surface area contributed by atoms with Crippen LogP contribution in [0.2, 0.25) is 0 Å². The highest BCUT2D eigenvalue weighted by molar-refractivity contribution is 6.00. The van der Waals surface area contributed by atoms with Crippen LogP contribution >= 0.6 is 0 Å². The summed E-state index contributed by atoms with van der Waals surface area (Å²) in [6, 6.07) is 9.03. The van der Waals surface area contributed by atoms with Gasteiger partial charge in [0.25, 0.3) is 5.88 Å². The van der Waals surface area contributed by atoms with E-state index in [1.807, 2.05) is 36.4 Å². The van der Waals surface area contributed by atoms with Gasteiger partial charge in [-0.25, -0.2) is 19.3 Å². The van der Waals surface area contributed by atoms with E-state index in [0.29, 0.717) is 86.3 Å². The topological polar surface area (TPSA) is 158 Å². The van der Waals surface area contributed by atoms with Gasteiger partial charge in [0.2, 0.25) is 23.7 Å². The number of hydrogen-bond donors (Lipinski definition) is 2. The number of carbonyl (C=O) groups excluding carboxylic acids is 3. The number of nitrogens with one attached hydrogen (secondary N) is 2. The maximum atomic E-state index is 15.4. The molecule has 0 aliphatic carbocycles. The number of anilines is 4. The number of halogens is 1. The third kappa shape index (κ3) is 7.16. The molecule has 4 aromatic rings. The highest BCUT2D eigenvalue weighted by Gasteiger charge is 2.35. The lowest BCUT2D eigenvalue weighted by Crippen LogP contribution is -2.63. The summed E-state index contributed by atoms with van der Waals surface area (Å²) in [6.45, 7) is 8.77. The number of benzene rings is 1. The first-order chi connectivity index (χ1) is 27.3. The molecule has 0 saturated carbocycles. The molecule has 1 aromatic carbocycles. The average Bonchev–Trinajstić information content (AvgIpc) is 3.19. The van der Waals surface area contributed by atoms with Gasteiger partial charge in [-0.15, -0.1) is 0 Å². The zero-order chi connectivity index (χ0) is 38.3. The maximum absolute atomic E-state index is 15.4. The van der Waals surface area contributed by atoms with Gasteiger partial charge in [0.05, 0.1) is 54.0 Å². The number of aromatic nitrogens is 4. The summed E-state index contributed by atoms with van der Waals surface area (Å²) in [5, 5.41) is 5.54. The Hall–Kier alpha value is -5.90. The summed E-state index contributed by atoms with van der Waals surface area (Å²) < 4.78 is 26.8. The zero-order valence-corrected chi connectivity index (χ0v) is 31.2. The molecule has 15 nitrogen and oxygen atoms in total. The zero-order valence-electron chi connectivity index (χ0n) is 31.2. The number of amides is 3. The van der Waals surface area contributed by atoms with Crippen molar-refractivity contribution in [2.24, 2.45) is 0 Å². The Kier molecular flexibility index (Phi) is 9.57. The molecule has 16 heteroatoms. The molecule has 1 unspecified atom stereocenters. The monoisotopic (exact) mass is 762 g/mol. The van der Waals surface area contributed by atoms with Gasteiger partial charge in [-0.3, -0.25) is 29.6 Å². The Morgan fingerprint density at radius 3 is 2.57 bits per heavy atom. The molecule has 2 N–H and O–H groups in total. The summed E-state index contributed by atoms with van der Waals surface area (Å²) in [7, 11) is 0. The molecule has 3 fully saturated rings. The fourth-order valence-electron chi connectivity index (χ4n) is 8.17. The molecular formula is C40H43FN10O5. The fourth-order valence-corrected chi connectivity index (χ4v) is 8.17. The molecule has 8 heterocycles. The molecular weight excluding hydrogens is 720 g/mol. The molecule has 56 heavy (non-hydrogen) atoms. The van der Waals surface area contributed by atoms with Gasteiger partial charge in [-0.2, -0.15) is 0 Å². The summed E-state index contributed by atoms with van der Waals surface area (Å²) in [5.41, 5.74) is 6.44. The summed E-state index contributed by atoms with van der Waals surface area (Å²) >= 11 is 0. The SMILES string of the molecule is Cc1c(N2CCc3cnc(Nc4ccc(CC(=O)N5CCN(C6CN(c7ccc(C8CCC(=O)NC8=O)nc7)C6)CC5)c(F)c4)nc3C2)cnc2c1OCCO2. The third-order valence-corrected chi connectivity index (χ3v) is 11.5. The van der Waals surface area contributed by atoms with Gasteiger partial charge < -0.3 is 29.5 Å². The predicted octanol–water partition coefficient (Wildman–Crippen LogP) is 2.89. The Morgan fingerprint density at radius 2 is 1.79 bits per heavy atom. The van der Waals surface area contributed by atoms with E-state index >= 15 is 4.39 Å². The summed E-state index contributed by atoms with van der Waals surface area (Å²) in [6.07, 6.45) is 7.01. The van der Waals surface area contributed by atoms with Crippen LogP contribution in [0.1, 0.15) is 46.8 Å². The molecule has 5 aliphatic rings. The molecule has 1 atom stereocenters. The number of rotatable bonds is 8. The van der Waals surface area contributed by atoms with E-state index in [-0.39, 0.29) is 24.1 Å². The number of piperidine rings is 1. The van der Waals surface area contributed by atoms with Gasteiger partial charge in [0.15, 0.2) is 5.75 Å². The van der Waals surface area contributed by atoms with Crippen LogP contribution in [-0.4, -0.2) is 113 Å². The summed E-state index contributed by atoms with van der Waals surface area (Å²) in [4.78, 5) is 63.9. The minimum atomic E-state index is -0.457. The first-order valence-electron chi connectivity index (χ1n) is 19.2. The van der Waals surface area contributed by atoms with E-state index in [2.05, 4.69) is 40.3 Å². The van der Waals surface area contributed by atoms with Crippen LogP contribution in [0.5, 0.6) is 11.6 Å². The standard InChI is InChI=1S/C40H43FN10O5/c1-24-34(20-43-39-37(24)55-14-15-56-39)50-9-8-26-18-44-40(46-33(26)23-50)45-27-3-2-25(31(41)17-27)16-36(53)49-12-10-48(11-13-49)29-21-51(22-29)28-4-6-32(42-19-28)30-5-7-35(52)47-38(30)54/h2-4,6,17-20,29-30H,5,7-16,21-23H2,1H3,(H,44,45,46)(H,47,52,54). The molecule has 290 valence electrons. The van der Waals surface area contributed by atoms with Crippen LogP contribution in [0, 0.1) is 12.7 Å². The van der Waals surface area contributed by atoms with Gasteiger partial charge in [0.1, 0.15) is 19.0 Å². The third-order valence-electron chi connectivity index (χ3n) is 11.5. The van der Waals surface area contributed by atoms with Crippen LogP contribution in [0.4, 0.5) is 27.4 Å². The van der Waals surface area contributed by atoms with Gasteiger partial charge >= 0.3 is 0 Å². The largest absolute Gasteiger partial charge is 0.484 e. The summed E-state index contributed by atoms with van der Waals surface area (Å²) in [5.74, 6) is 0.123. The number of imide groups is 1. The van der Waals surface area contributed by atoms with Crippen molar-refractivity contribution >= 4 is 40.7 Å². The van der Waals surface area contributed by atoms with Gasteiger partial charge in [0, 0.05) is 75.7 Å². The number of fused-ring (bicyclic) bond motifs is 2. The molecule has 0 spiro atoms. The molecule has 3 saturated heterocycles. The van der Waals surface area contributed by atoms with Crippen molar-refractivity contribution < 1.29 is 28.2 Å². The van der Waals surface area contributed by atoms with Crippen LogP contribution in [0.15, 0.2) is 48.9 Å². The Morgan fingerprint density at radius 1 is 0.946 bits per heavy atom. The van der Waals surface area contributed by atoms with Crippen LogP contribution in [-0.2, 0) is 33.8 Å². The van der Waals surface area contributed by atoms with Crippen LogP contribution in [0.25, 0.3) is 0 Å². The minimum Gasteiger partial charge on any atom is -0.484 e. The van der Waals surface area contributed by atoms with Crippen LogP contribution in [0.3, 0.4) is 0 Å². The number of carbonyl (C=O) groups is 3. The van der Waals surface area contributed by atoms with Crippen molar-refractivity contribution in [2.45, 2.75) is 51.1 Å². The lowest BCUT2D eigenvalue weighted by Gasteiger charge is -2.49. The Balaban J connectivity index is 0.747. The highest BCUT2D eigenvalue weighted by Crippen LogP contribution is 2.38. The number of nitrogens with zero attached hydrogens (tertiary/aromatic N) is 8. The molecule has 3 amide bonds. The minimum absolute atomic E-state index is 0.00947. The quantitative estimate of drug-likeness (QED) is 0.253. The average molecular weight is 763 g/mol. The second-order valence-electron chi connectivity index (χ2n) is 15.0. The van der Waals surface area contributed by atoms with E-state index in [0.717, 1.165) is 67.3 Å². The maximum Gasteiger partial charge on any atom is 0.257 e. The van der Waals surface area contributed by atoms with Crippen LogP contribution < -0.4 is 29.9 Å². The molecule has 0 radical (unpaired) electrons. The highest BCUT2D eigenvalue weighted by atomic mass is 19.1. The van der Waals surface area contributed by atoms with E-state index in [4.69, 9.17) is 14.5 Å². The van der Waals surface area contributed by atoms with E-state index in [9.17, 15) is 14.4 Å². The van der Waals surface area contributed by atoms with Crippen molar-refractivity contribution in [3.8, 4) is 11.6 Å². The second kappa shape index (κ2) is 15.0. The number of pyridine rings is 2. The number of hydrogen-bond acceptors (Lipinski definition) is 13. The molecule has 9 rings (SSSR count). The second-order valence-corrected chi connectivity index (χ2v) is 15.0. The number of ether oxygens (including phenoxy) is 2. The van der Waals surface area contributed by atoms with Gasteiger partial charge in [-0.05, 0) is 55.2 Å². The Bertz CT molecular complexity index is 2170. The molecule has 5 aliphatic heterocycles. The lowest BCUT2D eigenvalue weighted by atomic mass is 9.94. The van der Waals surface area contributed by atoms with Crippen molar-refractivity contribution in [1.29, 1.82) is 0 Å². The van der Waals surface area contributed by atoms with Crippen molar-refractivity contribution in [3.05, 3.63) is 82.8 Å². The van der Waals surface area contributed by atoms with E-state index in [1.54, 1.807) is 18.3 Å². The van der Waals surface area contributed by atoms with Gasteiger partial charge in [-0.1, -0.05) is 6.07 Å². The normalized spacial score (nSPS) is 20.0. The van der Waals surface area contributed by atoms with E-state index < -0.39 is 11.7 Å². The van der Waals surface area contributed by atoms with E-state index in [1.165, 1.54) is 6.07 Å². The Labute approximate surface area is 323 Å². The predicted molar refractivity (Wildman–Crippen MR) is 204 cm³/mol. The van der Waals surface area contributed by atoms with Crippen molar-refractivity contribution in [1.82, 2.24) is 35.1 Å². The molecule has 0 bridgehead atoms. The molecule has 3 aromatic heterocycles. The first kappa shape index (κ1) is 35.8. The lowest BCUT2D eigenvalue weighted by molar-refractivity contribution is -0.134.